The van der Waals surface area contributed by atoms with Gasteiger partial charge in [0, 0.05) is 22.6 Å². The summed E-state index contributed by atoms with van der Waals surface area (Å²) in [6.45, 7) is 1.95. The van der Waals surface area contributed by atoms with Crippen molar-refractivity contribution in [2.45, 2.75) is 26.2 Å². The predicted molar refractivity (Wildman–Crippen MR) is 89.9 cm³/mol. The molecule has 4 heteroatoms. The number of hydrogen-bond acceptors (Lipinski definition) is 2. The average molecular weight is 335 g/mol. The lowest BCUT2D eigenvalue weighted by atomic mass is 9.94. The molecule has 2 nitrogen and oxygen atoms in total. The summed E-state index contributed by atoms with van der Waals surface area (Å²) in [5.41, 5.74) is 3.23. The molecule has 0 radical (unpaired) electrons. The average Bonchev–Trinajstić information content (AvgIpc) is 2.48. The highest BCUT2D eigenvalue weighted by Crippen LogP contribution is 2.20. The van der Waals surface area contributed by atoms with Crippen LogP contribution in [0.1, 0.15) is 39.9 Å². The molecule has 22 heavy (non-hydrogen) atoms. The summed E-state index contributed by atoms with van der Waals surface area (Å²) in [4.78, 5) is 23.5. The molecule has 0 spiro atoms. The minimum atomic E-state index is -0.349. The summed E-state index contributed by atoms with van der Waals surface area (Å²) in [6.07, 6.45) is 1.59. The maximum atomic E-state index is 12.7. The van der Waals surface area contributed by atoms with Crippen LogP contribution < -0.4 is 0 Å². The molecule has 0 fully saturated rings. The Morgan fingerprint density at radius 3 is 2.36 bits per heavy atom. The second-order valence-corrected chi connectivity index (χ2v) is 6.06. The molecule has 0 atom stereocenters. The maximum Gasteiger partial charge on any atom is 0.221 e. The second-order valence-electron chi connectivity index (χ2n) is 5.21. The second kappa shape index (κ2) is 7.57. The Bertz CT molecular complexity index is 691. The molecule has 0 aliphatic carbocycles. The number of aryl methyl sites for hydroxylation is 2. The summed E-state index contributed by atoms with van der Waals surface area (Å²) in [6, 6.07) is 12.6. The van der Waals surface area contributed by atoms with Crippen LogP contribution in [0.2, 0.25) is 5.02 Å². The van der Waals surface area contributed by atoms with Gasteiger partial charge in [-0.05, 0) is 67.3 Å². The topological polar surface area (TPSA) is 34.1 Å². The molecule has 0 heterocycles. The molecule has 0 bridgehead atoms. The van der Waals surface area contributed by atoms with Crippen molar-refractivity contribution in [3.8, 4) is 0 Å². The predicted octanol–water partition coefficient (Wildman–Crippen LogP) is 4.97. The van der Waals surface area contributed by atoms with Crippen LogP contribution in [0.3, 0.4) is 0 Å². The van der Waals surface area contributed by atoms with Crippen molar-refractivity contribution in [1.82, 2.24) is 0 Å². The highest BCUT2D eigenvalue weighted by molar-refractivity contribution is 6.63. The smallest absolute Gasteiger partial charge is 0.221 e. The zero-order valence-electron chi connectivity index (χ0n) is 12.2. The Morgan fingerprint density at radius 2 is 1.73 bits per heavy atom. The quantitative estimate of drug-likeness (QED) is 0.552. The van der Waals surface area contributed by atoms with Gasteiger partial charge in [0.25, 0.3) is 0 Å². The van der Waals surface area contributed by atoms with Gasteiger partial charge in [0.1, 0.15) is 0 Å². The number of rotatable bonds is 6. The minimum Gasteiger partial charge on any atom is -0.289 e. The van der Waals surface area contributed by atoms with E-state index in [9.17, 15) is 9.59 Å². The van der Waals surface area contributed by atoms with Crippen LogP contribution in [0.5, 0.6) is 0 Å². The van der Waals surface area contributed by atoms with E-state index in [0.717, 1.165) is 11.1 Å². The van der Waals surface area contributed by atoms with Gasteiger partial charge in [-0.15, -0.1) is 0 Å². The fourth-order valence-electron chi connectivity index (χ4n) is 2.29. The highest BCUT2D eigenvalue weighted by atomic mass is 35.5. The molecule has 2 rings (SSSR count). The first-order chi connectivity index (χ1) is 10.5. The zero-order chi connectivity index (χ0) is 16.1. The van der Waals surface area contributed by atoms with E-state index in [2.05, 4.69) is 0 Å². The minimum absolute atomic E-state index is 0.0347. The molecule has 2 aromatic carbocycles. The molecule has 0 saturated heterocycles. The molecular weight excluding hydrogens is 319 g/mol. The number of halogens is 2. The molecular formula is C18H16Cl2O2. The fourth-order valence-corrected chi connectivity index (χ4v) is 2.55. The van der Waals surface area contributed by atoms with Crippen molar-refractivity contribution in [1.29, 1.82) is 0 Å². The number of benzene rings is 2. The van der Waals surface area contributed by atoms with E-state index in [4.69, 9.17) is 23.2 Å². The molecule has 0 amide bonds. The number of carbonyl (C=O) groups is 2. The van der Waals surface area contributed by atoms with Gasteiger partial charge in [0.15, 0.2) is 5.78 Å². The van der Waals surface area contributed by atoms with Crippen molar-refractivity contribution in [2.24, 2.45) is 0 Å². The molecule has 0 saturated carbocycles. The first kappa shape index (κ1) is 16.7. The third kappa shape index (κ3) is 4.43. The number of carbonyl (C=O) groups excluding carboxylic acids is 2. The zero-order valence-corrected chi connectivity index (χ0v) is 13.7. The van der Waals surface area contributed by atoms with Gasteiger partial charge in [-0.3, -0.25) is 9.59 Å². The van der Waals surface area contributed by atoms with Gasteiger partial charge in [0.2, 0.25) is 5.24 Å². The van der Waals surface area contributed by atoms with Crippen LogP contribution in [0.4, 0.5) is 0 Å². The van der Waals surface area contributed by atoms with Crippen LogP contribution in [0.15, 0.2) is 42.5 Å². The standard InChI is InChI=1S/C18H16Cl2O2/c1-12-5-6-13(3-2-4-17(20)21)16(11-12)18(22)14-7-9-15(19)10-8-14/h5-11H,2-4H2,1H3. The van der Waals surface area contributed by atoms with E-state index in [1.807, 2.05) is 25.1 Å². The van der Waals surface area contributed by atoms with Crippen LogP contribution in [-0.4, -0.2) is 11.0 Å². The van der Waals surface area contributed by atoms with Gasteiger partial charge < -0.3 is 0 Å². The van der Waals surface area contributed by atoms with Crippen molar-refractivity contribution in [3.05, 3.63) is 69.7 Å². The van der Waals surface area contributed by atoms with Crippen LogP contribution in [0.25, 0.3) is 0 Å². The summed E-state index contributed by atoms with van der Waals surface area (Å²) >= 11 is 11.2. The Balaban J connectivity index is 2.27. The Morgan fingerprint density at radius 1 is 1.05 bits per heavy atom. The van der Waals surface area contributed by atoms with E-state index < -0.39 is 0 Å². The normalized spacial score (nSPS) is 10.5. The lowest BCUT2D eigenvalue weighted by Gasteiger charge is -2.10. The van der Waals surface area contributed by atoms with E-state index in [1.54, 1.807) is 24.3 Å². The molecule has 0 aromatic heterocycles. The monoisotopic (exact) mass is 334 g/mol. The highest BCUT2D eigenvalue weighted by Gasteiger charge is 2.14. The first-order valence-corrected chi connectivity index (χ1v) is 7.81. The Kier molecular flexibility index (Phi) is 5.76. The first-order valence-electron chi connectivity index (χ1n) is 7.05. The summed E-state index contributed by atoms with van der Waals surface area (Å²) in [5, 5.41) is 0.249. The molecule has 0 unspecified atom stereocenters. The molecule has 0 aliphatic heterocycles. The van der Waals surface area contributed by atoms with Gasteiger partial charge in [-0.2, -0.15) is 0 Å². The van der Waals surface area contributed by atoms with Crippen molar-refractivity contribution in [3.63, 3.8) is 0 Å². The third-order valence-corrected chi connectivity index (χ3v) is 3.88. The molecule has 0 aliphatic rings. The number of ketones is 1. The van der Waals surface area contributed by atoms with Crippen molar-refractivity contribution >= 4 is 34.2 Å². The van der Waals surface area contributed by atoms with Crippen molar-refractivity contribution < 1.29 is 9.59 Å². The van der Waals surface area contributed by atoms with Crippen LogP contribution in [-0.2, 0) is 11.2 Å². The van der Waals surface area contributed by atoms with Crippen LogP contribution >= 0.6 is 23.2 Å². The van der Waals surface area contributed by atoms with Crippen molar-refractivity contribution in [2.75, 3.05) is 0 Å². The van der Waals surface area contributed by atoms with Gasteiger partial charge in [-0.25, -0.2) is 0 Å². The summed E-state index contributed by atoms with van der Waals surface area (Å²) in [5.74, 6) is -0.0347. The Hall–Kier alpha value is -1.64. The summed E-state index contributed by atoms with van der Waals surface area (Å²) < 4.78 is 0. The van der Waals surface area contributed by atoms with E-state index in [1.165, 1.54) is 0 Å². The fraction of sp³-hybridized carbons (Fsp3) is 0.222. The molecule has 0 N–H and O–H groups in total. The Labute approximate surface area is 140 Å². The van der Waals surface area contributed by atoms with Gasteiger partial charge >= 0.3 is 0 Å². The number of hydrogen-bond donors (Lipinski definition) is 0. The molecule has 2 aromatic rings. The van der Waals surface area contributed by atoms with Gasteiger partial charge in [0.05, 0.1) is 0 Å². The van der Waals surface area contributed by atoms with Crippen LogP contribution in [0, 0.1) is 6.92 Å². The van der Waals surface area contributed by atoms with E-state index in [0.29, 0.717) is 35.4 Å². The lowest BCUT2D eigenvalue weighted by Crippen LogP contribution is -2.06. The van der Waals surface area contributed by atoms with Gasteiger partial charge in [-0.1, -0.05) is 29.3 Å². The largest absolute Gasteiger partial charge is 0.289 e. The summed E-state index contributed by atoms with van der Waals surface area (Å²) in [7, 11) is 0. The maximum absolute atomic E-state index is 12.7. The third-order valence-electron chi connectivity index (χ3n) is 3.44. The van der Waals surface area contributed by atoms with E-state index in [-0.39, 0.29) is 11.0 Å². The SMILES string of the molecule is Cc1ccc(CCCC(=O)Cl)c(C(=O)c2ccc(Cl)cc2)c1. The van der Waals surface area contributed by atoms with E-state index >= 15 is 0 Å². The molecule has 114 valence electrons. The lowest BCUT2D eigenvalue weighted by molar-refractivity contribution is -0.111.